The normalized spacial score (nSPS) is 19.5. The molecule has 0 heterocycles. The zero-order valence-electron chi connectivity index (χ0n) is 11.0. The number of halogens is 3. The van der Waals surface area contributed by atoms with Gasteiger partial charge >= 0.3 is 0 Å². The second-order valence-electron chi connectivity index (χ2n) is 5.39. The number of hydrogen-bond donors (Lipinski definition) is 1. The highest BCUT2D eigenvalue weighted by molar-refractivity contribution is 9.10. The standard InChI is InChI=1S/C15H20BrF2N/c16-14-3-1-2-13(10-14)11-19-9-6-12-4-7-15(17,18)8-5-12/h1-3,10,12,19H,4-9,11H2. The van der Waals surface area contributed by atoms with E-state index in [1.165, 1.54) is 5.56 Å². The minimum Gasteiger partial charge on any atom is -0.313 e. The molecule has 0 spiro atoms. The smallest absolute Gasteiger partial charge is 0.248 e. The first kappa shape index (κ1) is 14.9. The highest BCUT2D eigenvalue weighted by atomic mass is 79.9. The average molecular weight is 332 g/mol. The van der Waals surface area contributed by atoms with Crippen LogP contribution in [-0.2, 0) is 6.54 Å². The van der Waals surface area contributed by atoms with Crippen molar-refractivity contribution < 1.29 is 8.78 Å². The van der Waals surface area contributed by atoms with Gasteiger partial charge in [0, 0.05) is 23.9 Å². The van der Waals surface area contributed by atoms with E-state index in [0.29, 0.717) is 18.8 Å². The van der Waals surface area contributed by atoms with E-state index >= 15 is 0 Å². The molecular weight excluding hydrogens is 312 g/mol. The summed E-state index contributed by atoms with van der Waals surface area (Å²) in [5, 5.41) is 3.39. The Labute approximate surface area is 121 Å². The predicted molar refractivity (Wildman–Crippen MR) is 77.4 cm³/mol. The van der Waals surface area contributed by atoms with Gasteiger partial charge in [0.15, 0.2) is 0 Å². The molecule has 106 valence electrons. The van der Waals surface area contributed by atoms with Crippen LogP contribution in [0, 0.1) is 5.92 Å². The lowest BCUT2D eigenvalue weighted by Gasteiger charge is -2.28. The maximum absolute atomic E-state index is 13.0. The molecule has 0 unspecified atom stereocenters. The van der Waals surface area contributed by atoms with E-state index in [9.17, 15) is 8.78 Å². The van der Waals surface area contributed by atoms with Gasteiger partial charge in [0.1, 0.15) is 0 Å². The lowest BCUT2D eigenvalue weighted by atomic mass is 9.85. The quantitative estimate of drug-likeness (QED) is 0.767. The number of alkyl halides is 2. The molecule has 1 fully saturated rings. The zero-order valence-corrected chi connectivity index (χ0v) is 12.6. The van der Waals surface area contributed by atoms with Crippen LogP contribution in [0.3, 0.4) is 0 Å². The summed E-state index contributed by atoms with van der Waals surface area (Å²) in [7, 11) is 0. The molecule has 4 heteroatoms. The molecule has 0 aliphatic heterocycles. The van der Waals surface area contributed by atoms with E-state index in [1.807, 2.05) is 12.1 Å². The van der Waals surface area contributed by atoms with Crippen molar-refractivity contribution in [2.45, 2.75) is 44.6 Å². The molecule has 1 saturated carbocycles. The first-order chi connectivity index (χ1) is 9.05. The van der Waals surface area contributed by atoms with Gasteiger partial charge in [-0.05, 0) is 49.4 Å². The van der Waals surface area contributed by atoms with E-state index in [4.69, 9.17) is 0 Å². The summed E-state index contributed by atoms with van der Waals surface area (Å²) in [6, 6.07) is 8.20. The van der Waals surface area contributed by atoms with Crippen LogP contribution in [0.4, 0.5) is 8.78 Å². The molecule has 0 aromatic heterocycles. The number of hydrogen-bond acceptors (Lipinski definition) is 1. The van der Waals surface area contributed by atoms with Crippen molar-refractivity contribution in [2.75, 3.05) is 6.54 Å². The minimum absolute atomic E-state index is 0.0727. The van der Waals surface area contributed by atoms with E-state index in [1.54, 1.807) is 0 Å². The van der Waals surface area contributed by atoms with Gasteiger partial charge in [0.05, 0.1) is 0 Å². The van der Waals surface area contributed by atoms with Crippen LogP contribution < -0.4 is 5.32 Å². The van der Waals surface area contributed by atoms with Crippen LogP contribution in [0.25, 0.3) is 0 Å². The fourth-order valence-electron chi connectivity index (χ4n) is 2.57. The monoisotopic (exact) mass is 331 g/mol. The van der Waals surface area contributed by atoms with E-state index in [-0.39, 0.29) is 12.8 Å². The van der Waals surface area contributed by atoms with Gasteiger partial charge in [0.2, 0.25) is 5.92 Å². The van der Waals surface area contributed by atoms with Crippen molar-refractivity contribution in [3.63, 3.8) is 0 Å². The van der Waals surface area contributed by atoms with Crippen molar-refractivity contribution >= 4 is 15.9 Å². The van der Waals surface area contributed by atoms with Crippen LogP contribution in [0.2, 0.25) is 0 Å². The Hall–Kier alpha value is -0.480. The highest BCUT2D eigenvalue weighted by Gasteiger charge is 2.34. The Morgan fingerprint density at radius 3 is 2.68 bits per heavy atom. The number of rotatable bonds is 5. The summed E-state index contributed by atoms with van der Waals surface area (Å²) in [5.41, 5.74) is 1.24. The van der Waals surface area contributed by atoms with Gasteiger partial charge in [-0.25, -0.2) is 8.78 Å². The van der Waals surface area contributed by atoms with Crippen molar-refractivity contribution in [3.05, 3.63) is 34.3 Å². The first-order valence-corrected chi connectivity index (χ1v) is 7.67. The van der Waals surface area contributed by atoms with Gasteiger partial charge in [-0.2, -0.15) is 0 Å². The lowest BCUT2D eigenvalue weighted by Crippen LogP contribution is -2.26. The fraction of sp³-hybridized carbons (Fsp3) is 0.600. The molecule has 1 aliphatic carbocycles. The third kappa shape index (κ3) is 5.19. The van der Waals surface area contributed by atoms with Crippen LogP contribution in [-0.4, -0.2) is 12.5 Å². The number of benzene rings is 1. The van der Waals surface area contributed by atoms with Crippen LogP contribution in [0.5, 0.6) is 0 Å². The number of nitrogens with one attached hydrogen (secondary N) is 1. The summed E-state index contributed by atoms with van der Waals surface area (Å²) in [6.07, 6.45) is 2.49. The largest absolute Gasteiger partial charge is 0.313 e. The van der Waals surface area contributed by atoms with Crippen LogP contribution in [0.1, 0.15) is 37.7 Å². The van der Waals surface area contributed by atoms with Crippen molar-refractivity contribution in [3.8, 4) is 0 Å². The average Bonchev–Trinajstić information content (AvgIpc) is 2.36. The van der Waals surface area contributed by atoms with E-state index < -0.39 is 5.92 Å². The van der Waals surface area contributed by atoms with Crippen LogP contribution in [0.15, 0.2) is 28.7 Å². The lowest BCUT2D eigenvalue weighted by molar-refractivity contribution is -0.0464. The molecule has 2 rings (SSSR count). The maximum atomic E-state index is 13.0. The summed E-state index contributed by atoms with van der Waals surface area (Å²) >= 11 is 3.45. The predicted octanol–water partition coefficient (Wildman–Crippen LogP) is 4.75. The van der Waals surface area contributed by atoms with Gasteiger partial charge in [-0.3, -0.25) is 0 Å². The molecule has 0 bridgehead atoms. The van der Waals surface area contributed by atoms with Gasteiger partial charge < -0.3 is 5.32 Å². The van der Waals surface area contributed by atoms with Crippen molar-refractivity contribution in [1.29, 1.82) is 0 Å². The Balaban J connectivity index is 1.62. The summed E-state index contributed by atoms with van der Waals surface area (Å²) in [5.74, 6) is -1.94. The van der Waals surface area contributed by atoms with Crippen molar-refractivity contribution in [1.82, 2.24) is 5.32 Å². The second-order valence-corrected chi connectivity index (χ2v) is 6.31. The Morgan fingerprint density at radius 1 is 1.26 bits per heavy atom. The Kier molecular flexibility index (Phi) is 5.34. The molecule has 0 radical (unpaired) electrons. The molecule has 19 heavy (non-hydrogen) atoms. The van der Waals surface area contributed by atoms with Crippen molar-refractivity contribution in [2.24, 2.45) is 5.92 Å². The molecule has 0 saturated heterocycles. The molecule has 1 aliphatic rings. The maximum Gasteiger partial charge on any atom is 0.248 e. The third-order valence-electron chi connectivity index (χ3n) is 3.78. The van der Waals surface area contributed by atoms with E-state index in [2.05, 4.69) is 33.4 Å². The van der Waals surface area contributed by atoms with Crippen LogP contribution >= 0.6 is 15.9 Å². The SMILES string of the molecule is FC1(F)CCC(CCNCc2cccc(Br)c2)CC1. The topological polar surface area (TPSA) is 12.0 Å². The summed E-state index contributed by atoms with van der Waals surface area (Å²) < 4.78 is 27.1. The molecule has 1 N–H and O–H groups in total. The zero-order chi connectivity index (χ0) is 13.7. The third-order valence-corrected chi connectivity index (χ3v) is 4.28. The molecule has 0 atom stereocenters. The second kappa shape index (κ2) is 6.80. The van der Waals surface area contributed by atoms with Gasteiger partial charge in [0.25, 0.3) is 0 Å². The summed E-state index contributed by atoms with van der Waals surface area (Å²) in [6.45, 7) is 1.74. The molecular formula is C15H20BrF2N. The van der Waals surface area contributed by atoms with Gasteiger partial charge in [-0.15, -0.1) is 0 Å². The molecule has 1 nitrogen and oxygen atoms in total. The fourth-order valence-corrected chi connectivity index (χ4v) is 3.02. The molecule has 1 aromatic rings. The molecule has 1 aromatic carbocycles. The first-order valence-electron chi connectivity index (χ1n) is 6.88. The Bertz CT molecular complexity index is 399. The summed E-state index contributed by atoms with van der Waals surface area (Å²) in [4.78, 5) is 0. The molecule has 0 amide bonds. The van der Waals surface area contributed by atoms with E-state index in [0.717, 1.165) is 24.0 Å². The van der Waals surface area contributed by atoms with Gasteiger partial charge in [-0.1, -0.05) is 28.1 Å². The highest BCUT2D eigenvalue weighted by Crippen LogP contribution is 2.37. The minimum atomic E-state index is -2.40. The Morgan fingerprint density at radius 2 is 2.00 bits per heavy atom.